The van der Waals surface area contributed by atoms with Crippen LogP contribution in [0.1, 0.15) is 5.56 Å². The predicted molar refractivity (Wildman–Crippen MR) is 54.6 cm³/mol. The fraction of sp³-hybridized carbons (Fsp3) is 0.250. The third kappa shape index (κ3) is 3.17. The van der Waals surface area contributed by atoms with Crippen molar-refractivity contribution < 1.29 is 0 Å². The molecule has 1 N–H and O–H groups in total. The van der Waals surface area contributed by atoms with Gasteiger partial charge in [-0.25, -0.2) is 0 Å². The molecule has 0 spiro atoms. The molecule has 1 aromatic rings. The molecule has 0 aliphatic heterocycles. The maximum absolute atomic E-state index is 3.08. The third-order valence-electron chi connectivity index (χ3n) is 1.22. The topological polar surface area (TPSA) is 12.0 Å². The molecule has 0 aliphatic carbocycles. The first kappa shape index (κ1) is 9.91. The molecule has 0 fully saturated rings. The lowest BCUT2D eigenvalue weighted by atomic mass is 10.2. The Morgan fingerprint density at radius 3 is 2.30 bits per heavy atom. The van der Waals surface area contributed by atoms with Gasteiger partial charge < -0.3 is 5.32 Å². The van der Waals surface area contributed by atoms with Gasteiger partial charge in [-0.2, -0.15) is 0 Å². The number of hydrogen-bond donors (Lipinski definition) is 1. The first-order valence-electron chi connectivity index (χ1n) is 3.12. The molecule has 0 saturated carbocycles. The average Bonchev–Trinajstić information content (AvgIpc) is 1.91. The Bertz CT molecular complexity index is 162. The highest BCUT2D eigenvalue weighted by molar-refractivity contribution is 14.0. The summed E-state index contributed by atoms with van der Waals surface area (Å²) in [6.07, 6.45) is 0. The number of rotatable bonds is 2. The summed E-state index contributed by atoms with van der Waals surface area (Å²) >= 11 is 0. The summed E-state index contributed by atoms with van der Waals surface area (Å²) in [5, 5.41) is 3.08. The van der Waals surface area contributed by atoms with Crippen molar-refractivity contribution in [1.29, 1.82) is 0 Å². The minimum Gasteiger partial charge on any atom is -0.316 e. The Hall–Kier alpha value is -0.0900. The Morgan fingerprint density at radius 2 is 1.80 bits per heavy atom. The minimum absolute atomic E-state index is 0. The third-order valence-corrected chi connectivity index (χ3v) is 1.22. The van der Waals surface area contributed by atoms with E-state index in [0.29, 0.717) is 0 Å². The second-order valence-corrected chi connectivity index (χ2v) is 2.02. The highest BCUT2D eigenvalue weighted by atomic mass is 127. The minimum atomic E-state index is 0. The molecule has 0 atom stereocenters. The van der Waals surface area contributed by atoms with Gasteiger partial charge in [0.15, 0.2) is 0 Å². The van der Waals surface area contributed by atoms with Crippen LogP contribution in [0.15, 0.2) is 30.3 Å². The normalized spacial score (nSPS) is 8.50. The SMILES string of the molecule is CNCc1ccccc1.I. The van der Waals surface area contributed by atoms with Gasteiger partial charge in [0.25, 0.3) is 0 Å². The van der Waals surface area contributed by atoms with Gasteiger partial charge in [0.1, 0.15) is 0 Å². The van der Waals surface area contributed by atoms with Crippen molar-refractivity contribution in [1.82, 2.24) is 5.32 Å². The molecule has 0 unspecified atom stereocenters. The van der Waals surface area contributed by atoms with E-state index in [1.54, 1.807) is 0 Å². The maximum atomic E-state index is 3.08. The lowest BCUT2D eigenvalue weighted by Gasteiger charge is -1.95. The second-order valence-electron chi connectivity index (χ2n) is 2.02. The Kier molecular flexibility index (Phi) is 5.63. The summed E-state index contributed by atoms with van der Waals surface area (Å²) in [5.74, 6) is 0. The quantitative estimate of drug-likeness (QED) is 0.791. The molecule has 1 aromatic carbocycles. The molecule has 0 aromatic heterocycles. The van der Waals surface area contributed by atoms with Gasteiger partial charge in [0, 0.05) is 6.54 Å². The van der Waals surface area contributed by atoms with Crippen LogP contribution in [0.25, 0.3) is 0 Å². The molecule has 0 saturated heterocycles. The van der Waals surface area contributed by atoms with Crippen LogP contribution in [0.3, 0.4) is 0 Å². The highest BCUT2D eigenvalue weighted by Gasteiger charge is 1.83. The molecule has 0 aliphatic rings. The summed E-state index contributed by atoms with van der Waals surface area (Å²) in [4.78, 5) is 0. The van der Waals surface area contributed by atoms with E-state index in [1.165, 1.54) is 5.56 Å². The summed E-state index contributed by atoms with van der Waals surface area (Å²) < 4.78 is 0. The van der Waals surface area contributed by atoms with Crippen LogP contribution >= 0.6 is 24.0 Å². The van der Waals surface area contributed by atoms with Crippen LogP contribution < -0.4 is 5.32 Å². The molecule has 0 radical (unpaired) electrons. The van der Waals surface area contributed by atoms with Gasteiger partial charge in [-0.05, 0) is 12.6 Å². The molecule has 1 rings (SSSR count). The van der Waals surface area contributed by atoms with Crippen LogP contribution in [0.5, 0.6) is 0 Å². The van der Waals surface area contributed by atoms with E-state index in [1.807, 2.05) is 25.2 Å². The average molecular weight is 249 g/mol. The van der Waals surface area contributed by atoms with Crippen molar-refractivity contribution in [2.75, 3.05) is 7.05 Å². The molecule has 2 heteroatoms. The van der Waals surface area contributed by atoms with Crippen molar-refractivity contribution in [3.05, 3.63) is 35.9 Å². The van der Waals surface area contributed by atoms with E-state index < -0.39 is 0 Å². The molecule has 0 bridgehead atoms. The molecule has 56 valence electrons. The second kappa shape index (κ2) is 5.68. The first-order chi connectivity index (χ1) is 4.43. The fourth-order valence-electron chi connectivity index (χ4n) is 0.800. The number of hydrogen-bond acceptors (Lipinski definition) is 1. The summed E-state index contributed by atoms with van der Waals surface area (Å²) in [7, 11) is 1.95. The van der Waals surface area contributed by atoms with Gasteiger partial charge in [0.05, 0.1) is 0 Å². The molecular weight excluding hydrogens is 237 g/mol. The van der Waals surface area contributed by atoms with Crippen molar-refractivity contribution in [2.24, 2.45) is 0 Å². The zero-order valence-corrected chi connectivity index (χ0v) is 8.33. The first-order valence-corrected chi connectivity index (χ1v) is 3.12. The monoisotopic (exact) mass is 249 g/mol. The van der Waals surface area contributed by atoms with Gasteiger partial charge in [-0.1, -0.05) is 30.3 Å². The lowest BCUT2D eigenvalue weighted by molar-refractivity contribution is 0.818. The van der Waals surface area contributed by atoms with E-state index >= 15 is 0 Å². The summed E-state index contributed by atoms with van der Waals surface area (Å²) in [5.41, 5.74) is 1.33. The van der Waals surface area contributed by atoms with Crippen molar-refractivity contribution >= 4 is 24.0 Å². The Balaban J connectivity index is 0.000000810. The molecule has 0 heterocycles. The molecule has 10 heavy (non-hydrogen) atoms. The largest absolute Gasteiger partial charge is 0.316 e. The van der Waals surface area contributed by atoms with E-state index in [4.69, 9.17) is 0 Å². The van der Waals surface area contributed by atoms with E-state index in [2.05, 4.69) is 17.4 Å². The summed E-state index contributed by atoms with van der Waals surface area (Å²) in [6, 6.07) is 10.3. The predicted octanol–water partition coefficient (Wildman–Crippen LogP) is 2.02. The van der Waals surface area contributed by atoms with Gasteiger partial charge >= 0.3 is 0 Å². The van der Waals surface area contributed by atoms with Crippen molar-refractivity contribution in [2.45, 2.75) is 6.54 Å². The van der Waals surface area contributed by atoms with Crippen molar-refractivity contribution in [3.63, 3.8) is 0 Å². The van der Waals surface area contributed by atoms with Crippen LogP contribution in [0, 0.1) is 0 Å². The fourth-order valence-corrected chi connectivity index (χ4v) is 0.800. The van der Waals surface area contributed by atoms with Crippen LogP contribution in [0.4, 0.5) is 0 Å². The van der Waals surface area contributed by atoms with Crippen LogP contribution in [-0.4, -0.2) is 7.05 Å². The smallest absolute Gasteiger partial charge is 0.0202 e. The zero-order valence-electron chi connectivity index (χ0n) is 6.00. The van der Waals surface area contributed by atoms with Gasteiger partial charge in [-0.3, -0.25) is 0 Å². The summed E-state index contributed by atoms with van der Waals surface area (Å²) in [6.45, 7) is 0.959. The van der Waals surface area contributed by atoms with Crippen molar-refractivity contribution in [3.8, 4) is 0 Å². The van der Waals surface area contributed by atoms with Gasteiger partial charge in [-0.15, -0.1) is 24.0 Å². The number of nitrogens with one attached hydrogen (secondary N) is 1. The highest BCUT2D eigenvalue weighted by Crippen LogP contribution is 1.95. The number of halogens is 1. The molecular formula is C8H12IN. The van der Waals surface area contributed by atoms with E-state index in [0.717, 1.165) is 6.54 Å². The molecule has 1 nitrogen and oxygen atoms in total. The van der Waals surface area contributed by atoms with E-state index in [-0.39, 0.29) is 24.0 Å². The molecule has 0 amide bonds. The number of benzene rings is 1. The lowest BCUT2D eigenvalue weighted by Crippen LogP contribution is -2.04. The maximum Gasteiger partial charge on any atom is 0.0202 e. The zero-order chi connectivity index (χ0) is 6.53. The van der Waals surface area contributed by atoms with Crippen LogP contribution in [0.2, 0.25) is 0 Å². The Morgan fingerprint density at radius 1 is 1.20 bits per heavy atom. The standard InChI is InChI=1S/C8H11N.HI/c1-9-7-8-5-3-2-4-6-8;/h2-6,9H,7H2,1H3;1H. The van der Waals surface area contributed by atoms with E-state index in [9.17, 15) is 0 Å². The Labute approximate surface area is 78.9 Å². The van der Waals surface area contributed by atoms with Gasteiger partial charge in [0.2, 0.25) is 0 Å². The van der Waals surface area contributed by atoms with Crippen LogP contribution in [-0.2, 0) is 6.54 Å².